The largest absolute Gasteiger partial charge is 0.508 e. The van der Waals surface area contributed by atoms with Gasteiger partial charge in [0.25, 0.3) is 0 Å². The number of hydrogen-bond donors (Lipinski definition) is 8. The summed E-state index contributed by atoms with van der Waals surface area (Å²) in [6.07, 6.45) is -11.3. The van der Waals surface area contributed by atoms with E-state index in [0.29, 0.717) is 0 Å². The van der Waals surface area contributed by atoms with Crippen molar-refractivity contribution in [3.05, 3.63) is 41.5 Å². The molecule has 8 N–H and O–H groups in total. The smallest absolute Gasteiger partial charge is 0.203 e. The fourth-order valence-electron chi connectivity index (χ4n) is 3.90. The lowest BCUT2D eigenvalue weighted by Gasteiger charge is -2.43. The molecule has 33 heavy (non-hydrogen) atoms. The summed E-state index contributed by atoms with van der Waals surface area (Å²) in [5.74, 6) is -3.04. The van der Waals surface area contributed by atoms with Crippen LogP contribution in [0.25, 0.3) is 0 Å². The standard InChI is InChI=1S/C21H22O12/c22-6-13-15(27)19(17(29)21(30)32-13)33-20-16(28)14-11(26)4-8(23)5-12(14)31-18(20)7-1-2-9(24)10(25)3-7/h1-5,13,15,17-27,29-30H,6H2. The average Bonchev–Trinajstić information content (AvgIpc) is 2.76. The van der Waals surface area contributed by atoms with Gasteiger partial charge in [-0.05, 0) is 17.7 Å². The van der Waals surface area contributed by atoms with Gasteiger partial charge in [-0.25, -0.2) is 0 Å². The zero-order valence-electron chi connectivity index (χ0n) is 16.8. The fraction of sp³-hybridized carbons (Fsp3) is 0.381. The van der Waals surface area contributed by atoms with E-state index in [1.54, 1.807) is 0 Å². The Labute approximate surface area is 186 Å². The van der Waals surface area contributed by atoms with E-state index in [0.717, 1.165) is 24.3 Å². The number of phenolic OH excluding ortho intramolecular Hbond substituents is 4. The Morgan fingerprint density at radius 2 is 1.64 bits per heavy atom. The van der Waals surface area contributed by atoms with E-state index >= 15 is 0 Å². The van der Waals surface area contributed by atoms with Gasteiger partial charge in [-0.3, -0.25) is 4.79 Å². The number of rotatable bonds is 4. The van der Waals surface area contributed by atoms with Crippen molar-refractivity contribution in [2.24, 2.45) is 0 Å². The number of ether oxygens (including phenoxy) is 3. The lowest BCUT2D eigenvalue weighted by molar-refractivity contribution is -0.300. The van der Waals surface area contributed by atoms with Gasteiger partial charge in [0.2, 0.25) is 5.78 Å². The van der Waals surface area contributed by atoms with Crippen LogP contribution in [0.3, 0.4) is 0 Å². The minimum absolute atomic E-state index is 0.132. The number of carbonyl (C=O) groups excluding carboxylic acids is 1. The molecule has 0 spiro atoms. The summed E-state index contributed by atoms with van der Waals surface area (Å²) >= 11 is 0. The van der Waals surface area contributed by atoms with E-state index in [-0.39, 0.29) is 16.9 Å². The van der Waals surface area contributed by atoms with Crippen LogP contribution in [0.2, 0.25) is 0 Å². The van der Waals surface area contributed by atoms with Crippen LogP contribution < -0.4 is 4.74 Å². The first-order chi connectivity index (χ1) is 15.6. The van der Waals surface area contributed by atoms with Crippen molar-refractivity contribution in [2.75, 3.05) is 6.61 Å². The summed E-state index contributed by atoms with van der Waals surface area (Å²) in [6.45, 7) is -0.724. The Morgan fingerprint density at radius 1 is 0.909 bits per heavy atom. The molecule has 0 aromatic heterocycles. The van der Waals surface area contributed by atoms with Crippen molar-refractivity contribution in [1.29, 1.82) is 0 Å². The van der Waals surface area contributed by atoms with Gasteiger partial charge in [0.15, 0.2) is 30.0 Å². The second-order valence-electron chi connectivity index (χ2n) is 7.74. The van der Waals surface area contributed by atoms with E-state index < -0.39 is 78.3 Å². The molecule has 12 heteroatoms. The summed E-state index contributed by atoms with van der Waals surface area (Å²) in [5.41, 5.74) is -0.209. The van der Waals surface area contributed by atoms with Gasteiger partial charge in [0.05, 0.1) is 6.61 Å². The second kappa shape index (κ2) is 8.67. The number of benzene rings is 2. The Bertz CT molecular complexity index is 1060. The highest BCUT2D eigenvalue weighted by atomic mass is 16.7. The number of ketones is 1. The topological polar surface area (TPSA) is 207 Å². The van der Waals surface area contributed by atoms with Gasteiger partial charge in [-0.2, -0.15) is 0 Å². The number of aliphatic hydroxyl groups is 4. The Kier molecular flexibility index (Phi) is 6.05. The molecule has 1 fully saturated rings. The minimum atomic E-state index is -1.84. The van der Waals surface area contributed by atoms with Crippen LogP contribution in [0.4, 0.5) is 0 Å². The van der Waals surface area contributed by atoms with Crippen molar-refractivity contribution in [2.45, 2.75) is 42.9 Å². The summed E-state index contributed by atoms with van der Waals surface area (Å²) in [6, 6.07) is 5.54. The van der Waals surface area contributed by atoms with E-state index in [1.807, 2.05) is 0 Å². The van der Waals surface area contributed by atoms with Crippen molar-refractivity contribution in [3.8, 4) is 28.7 Å². The lowest BCUT2D eigenvalue weighted by atomic mass is 9.91. The van der Waals surface area contributed by atoms with Crippen molar-refractivity contribution >= 4 is 5.78 Å². The Hall–Kier alpha value is -3.13. The number of aliphatic hydroxyl groups excluding tert-OH is 4. The van der Waals surface area contributed by atoms with Crippen LogP contribution in [-0.4, -0.2) is 90.1 Å². The molecule has 0 amide bonds. The molecule has 2 aliphatic heterocycles. The molecular formula is C21H22O12. The first kappa shape index (κ1) is 23.0. The molecule has 178 valence electrons. The van der Waals surface area contributed by atoms with Gasteiger partial charge < -0.3 is 55.1 Å². The van der Waals surface area contributed by atoms with E-state index in [1.165, 1.54) is 6.07 Å². The summed E-state index contributed by atoms with van der Waals surface area (Å²) < 4.78 is 16.4. The van der Waals surface area contributed by atoms with E-state index in [2.05, 4.69) is 0 Å². The minimum Gasteiger partial charge on any atom is -0.508 e. The van der Waals surface area contributed by atoms with Crippen LogP contribution in [0.15, 0.2) is 30.3 Å². The monoisotopic (exact) mass is 466 g/mol. The molecule has 2 heterocycles. The third kappa shape index (κ3) is 4.04. The average molecular weight is 466 g/mol. The van der Waals surface area contributed by atoms with Gasteiger partial charge in [0.1, 0.15) is 47.2 Å². The number of phenols is 4. The fourth-order valence-corrected chi connectivity index (χ4v) is 3.90. The summed E-state index contributed by atoms with van der Waals surface area (Å²) in [7, 11) is 0. The second-order valence-corrected chi connectivity index (χ2v) is 7.74. The first-order valence-corrected chi connectivity index (χ1v) is 9.87. The normalized spacial score (nSPS) is 31.6. The summed E-state index contributed by atoms with van der Waals surface area (Å²) in [4.78, 5) is 13.3. The maximum atomic E-state index is 13.3. The Morgan fingerprint density at radius 3 is 2.30 bits per heavy atom. The van der Waals surface area contributed by atoms with Crippen molar-refractivity contribution in [1.82, 2.24) is 0 Å². The zero-order chi connectivity index (χ0) is 24.0. The van der Waals surface area contributed by atoms with Crippen molar-refractivity contribution < 1.29 is 59.9 Å². The third-order valence-electron chi connectivity index (χ3n) is 5.57. The number of hydrogen-bond acceptors (Lipinski definition) is 12. The quantitative estimate of drug-likeness (QED) is 0.256. The van der Waals surface area contributed by atoms with E-state index in [4.69, 9.17) is 14.2 Å². The van der Waals surface area contributed by atoms with Crippen LogP contribution in [-0.2, 0) is 9.47 Å². The zero-order valence-corrected chi connectivity index (χ0v) is 16.8. The molecule has 2 aliphatic rings. The molecule has 2 aromatic carbocycles. The third-order valence-corrected chi connectivity index (χ3v) is 5.57. The molecule has 0 saturated carbocycles. The van der Waals surface area contributed by atoms with Gasteiger partial charge in [-0.1, -0.05) is 6.07 Å². The first-order valence-electron chi connectivity index (χ1n) is 9.87. The molecular weight excluding hydrogens is 444 g/mol. The molecule has 12 nitrogen and oxygen atoms in total. The molecule has 2 aromatic rings. The highest BCUT2D eigenvalue weighted by Gasteiger charge is 2.49. The Balaban J connectivity index is 1.78. The molecule has 1 saturated heterocycles. The van der Waals surface area contributed by atoms with Gasteiger partial charge >= 0.3 is 0 Å². The SMILES string of the molecule is O=C1c2c(O)cc(O)cc2OC(c2ccc(O)c(O)c2)C1OC1C(O)C(O)OC(CO)C1O. The predicted octanol–water partition coefficient (Wildman–Crippen LogP) is -0.990. The lowest BCUT2D eigenvalue weighted by Crippen LogP contribution is -2.61. The molecule has 0 aliphatic carbocycles. The van der Waals surface area contributed by atoms with Crippen molar-refractivity contribution in [3.63, 3.8) is 0 Å². The van der Waals surface area contributed by atoms with Crippen LogP contribution >= 0.6 is 0 Å². The van der Waals surface area contributed by atoms with Gasteiger partial charge in [-0.15, -0.1) is 0 Å². The molecule has 0 bridgehead atoms. The molecule has 0 radical (unpaired) electrons. The maximum absolute atomic E-state index is 13.3. The number of aromatic hydroxyl groups is 4. The highest BCUT2D eigenvalue weighted by molar-refractivity contribution is 6.05. The predicted molar refractivity (Wildman–Crippen MR) is 106 cm³/mol. The van der Waals surface area contributed by atoms with Crippen LogP contribution in [0.1, 0.15) is 22.0 Å². The van der Waals surface area contributed by atoms with E-state index in [9.17, 15) is 45.6 Å². The molecule has 4 rings (SSSR count). The van der Waals surface area contributed by atoms with Crippen LogP contribution in [0, 0.1) is 0 Å². The number of carbonyl (C=O) groups is 1. The number of fused-ring (bicyclic) bond motifs is 1. The van der Waals surface area contributed by atoms with Gasteiger partial charge in [0, 0.05) is 12.1 Å². The van der Waals surface area contributed by atoms with Crippen LogP contribution in [0.5, 0.6) is 28.7 Å². The summed E-state index contributed by atoms with van der Waals surface area (Å²) in [5, 5.41) is 79.6. The number of Topliss-reactive ketones (excluding diaryl/α,β-unsaturated/α-hetero) is 1. The molecule has 7 unspecified atom stereocenters. The highest BCUT2D eigenvalue weighted by Crippen LogP contribution is 2.44. The maximum Gasteiger partial charge on any atom is 0.203 e. The molecule has 7 atom stereocenters.